The first-order valence-corrected chi connectivity index (χ1v) is 7.32. The first-order valence-electron chi connectivity index (χ1n) is 7.32. The number of aromatic amines is 1. The molecule has 0 aliphatic heterocycles. The number of hydrogen-bond acceptors (Lipinski definition) is 3. The second-order valence-electron chi connectivity index (χ2n) is 4.95. The van der Waals surface area contributed by atoms with Gasteiger partial charge in [0, 0.05) is 50.3 Å². The molecular formula is C16H23N3O2. The van der Waals surface area contributed by atoms with E-state index < -0.39 is 0 Å². The van der Waals surface area contributed by atoms with Crippen LogP contribution in [0.25, 0.3) is 10.9 Å². The molecule has 2 aromatic rings. The average Bonchev–Trinajstić information content (AvgIpc) is 2.91. The van der Waals surface area contributed by atoms with Crippen molar-refractivity contribution in [3.63, 3.8) is 0 Å². The molecule has 5 nitrogen and oxygen atoms in total. The Morgan fingerprint density at radius 1 is 1.24 bits per heavy atom. The van der Waals surface area contributed by atoms with Gasteiger partial charge in [0.15, 0.2) is 0 Å². The summed E-state index contributed by atoms with van der Waals surface area (Å²) in [7, 11) is 1.67. The molecule has 0 spiro atoms. The molecule has 0 unspecified atom stereocenters. The number of fused-ring (bicyclic) bond motifs is 1. The summed E-state index contributed by atoms with van der Waals surface area (Å²) in [6, 6.07) is 8.21. The number of amides is 1. The first-order chi connectivity index (χ1) is 10.3. The fourth-order valence-electron chi connectivity index (χ4n) is 2.26. The maximum absolute atomic E-state index is 11.7. The predicted molar refractivity (Wildman–Crippen MR) is 84.4 cm³/mol. The fraction of sp³-hybridized carbons (Fsp3) is 0.438. The number of aromatic nitrogens is 1. The van der Waals surface area contributed by atoms with Crippen molar-refractivity contribution in [3.8, 4) is 0 Å². The Morgan fingerprint density at radius 3 is 2.95 bits per heavy atom. The van der Waals surface area contributed by atoms with E-state index in [0.717, 1.165) is 18.5 Å². The highest BCUT2D eigenvalue weighted by molar-refractivity contribution is 5.83. The SMILES string of the molecule is COCCNCCC(=O)NCCc1c[nH]c2ccccc12. The number of H-pyrrole nitrogens is 1. The Morgan fingerprint density at radius 2 is 2.10 bits per heavy atom. The first kappa shape index (κ1) is 15.5. The largest absolute Gasteiger partial charge is 0.383 e. The van der Waals surface area contributed by atoms with Crippen LogP contribution in [0.1, 0.15) is 12.0 Å². The smallest absolute Gasteiger partial charge is 0.221 e. The molecule has 0 atom stereocenters. The van der Waals surface area contributed by atoms with Crippen LogP contribution in [0.4, 0.5) is 0 Å². The van der Waals surface area contributed by atoms with Crippen LogP contribution >= 0.6 is 0 Å². The van der Waals surface area contributed by atoms with Crippen molar-refractivity contribution in [2.24, 2.45) is 0 Å². The zero-order valence-corrected chi connectivity index (χ0v) is 12.4. The van der Waals surface area contributed by atoms with Gasteiger partial charge in [-0.15, -0.1) is 0 Å². The van der Waals surface area contributed by atoms with Crippen molar-refractivity contribution in [1.82, 2.24) is 15.6 Å². The predicted octanol–water partition coefficient (Wildman–Crippen LogP) is 1.45. The Balaban J connectivity index is 1.66. The molecule has 0 fully saturated rings. The summed E-state index contributed by atoms with van der Waals surface area (Å²) in [4.78, 5) is 14.9. The van der Waals surface area contributed by atoms with Gasteiger partial charge in [0.1, 0.15) is 0 Å². The Hall–Kier alpha value is -1.85. The second-order valence-corrected chi connectivity index (χ2v) is 4.95. The molecule has 1 aromatic carbocycles. The number of ether oxygens (including phenoxy) is 1. The summed E-state index contributed by atoms with van der Waals surface area (Å²) < 4.78 is 4.92. The van der Waals surface area contributed by atoms with E-state index in [1.807, 2.05) is 18.3 Å². The molecular weight excluding hydrogens is 266 g/mol. The Bertz CT molecular complexity index is 565. The second kappa shape index (κ2) is 8.44. The molecule has 21 heavy (non-hydrogen) atoms. The number of rotatable bonds is 9. The van der Waals surface area contributed by atoms with Crippen LogP contribution in [0.15, 0.2) is 30.5 Å². The molecule has 114 valence electrons. The Kier molecular flexibility index (Phi) is 6.24. The van der Waals surface area contributed by atoms with Gasteiger partial charge in [-0.1, -0.05) is 18.2 Å². The van der Waals surface area contributed by atoms with E-state index in [4.69, 9.17) is 4.74 Å². The van der Waals surface area contributed by atoms with Gasteiger partial charge >= 0.3 is 0 Å². The van der Waals surface area contributed by atoms with Crippen molar-refractivity contribution in [1.29, 1.82) is 0 Å². The van der Waals surface area contributed by atoms with Gasteiger partial charge in [-0.05, 0) is 18.1 Å². The van der Waals surface area contributed by atoms with Gasteiger partial charge in [0.2, 0.25) is 5.91 Å². The monoisotopic (exact) mass is 289 g/mol. The van der Waals surface area contributed by atoms with E-state index in [1.165, 1.54) is 10.9 Å². The van der Waals surface area contributed by atoms with Gasteiger partial charge in [0.25, 0.3) is 0 Å². The van der Waals surface area contributed by atoms with Crippen LogP contribution < -0.4 is 10.6 Å². The third kappa shape index (κ3) is 4.88. The van der Waals surface area contributed by atoms with Crippen LogP contribution in [0.3, 0.4) is 0 Å². The summed E-state index contributed by atoms with van der Waals surface area (Å²) >= 11 is 0. The highest BCUT2D eigenvalue weighted by Crippen LogP contribution is 2.17. The standard InChI is InChI=1S/C16H23N3O2/c1-21-11-10-17-8-7-16(20)18-9-6-13-12-19-15-5-3-2-4-14(13)15/h2-5,12,17,19H,6-11H2,1H3,(H,18,20). The summed E-state index contributed by atoms with van der Waals surface area (Å²) in [5, 5.41) is 7.34. The number of methoxy groups -OCH3 is 1. The summed E-state index contributed by atoms with van der Waals surface area (Å²) in [6.07, 6.45) is 3.35. The van der Waals surface area contributed by atoms with Crippen LogP contribution in [-0.4, -0.2) is 44.2 Å². The molecule has 1 aromatic heterocycles. The van der Waals surface area contributed by atoms with Gasteiger partial charge in [-0.3, -0.25) is 4.79 Å². The maximum Gasteiger partial charge on any atom is 0.221 e. The molecule has 2 rings (SSSR count). The van der Waals surface area contributed by atoms with Gasteiger partial charge in [-0.2, -0.15) is 0 Å². The third-order valence-corrected chi connectivity index (χ3v) is 3.40. The van der Waals surface area contributed by atoms with Crippen LogP contribution in [-0.2, 0) is 16.0 Å². The topological polar surface area (TPSA) is 66.2 Å². The van der Waals surface area contributed by atoms with Crippen molar-refractivity contribution in [3.05, 3.63) is 36.0 Å². The van der Waals surface area contributed by atoms with Crippen molar-refractivity contribution < 1.29 is 9.53 Å². The quantitative estimate of drug-likeness (QED) is 0.612. The highest BCUT2D eigenvalue weighted by Gasteiger charge is 2.04. The minimum Gasteiger partial charge on any atom is -0.383 e. The van der Waals surface area contributed by atoms with E-state index >= 15 is 0 Å². The lowest BCUT2D eigenvalue weighted by Crippen LogP contribution is -2.30. The van der Waals surface area contributed by atoms with Gasteiger partial charge in [0.05, 0.1) is 6.61 Å². The molecule has 0 saturated heterocycles. The van der Waals surface area contributed by atoms with Crippen LogP contribution in [0.5, 0.6) is 0 Å². The molecule has 1 heterocycles. The van der Waals surface area contributed by atoms with Crippen molar-refractivity contribution in [2.75, 3.05) is 33.4 Å². The molecule has 5 heteroatoms. The molecule has 0 bridgehead atoms. The number of nitrogens with one attached hydrogen (secondary N) is 3. The van der Waals surface area contributed by atoms with E-state index in [2.05, 4.69) is 27.8 Å². The van der Waals surface area contributed by atoms with Crippen LogP contribution in [0.2, 0.25) is 0 Å². The molecule has 1 amide bonds. The summed E-state index contributed by atoms with van der Waals surface area (Å²) in [6.45, 7) is 2.79. The molecule has 0 aliphatic carbocycles. The normalized spacial score (nSPS) is 10.9. The van der Waals surface area contributed by atoms with E-state index in [0.29, 0.717) is 26.1 Å². The van der Waals surface area contributed by atoms with Crippen molar-refractivity contribution in [2.45, 2.75) is 12.8 Å². The molecule has 3 N–H and O–H groups in total. The molecule has 0 aliphatic rings. The van der Waals surface area contributed by atoms with E-state index in [-0.39, 0.29) is 5.91 Å². The third-order valence-electron chi connectivity index (χ3n) is 3.40. The Labute approximate surface area is 125 Å². The number of carbonyl (C=O) groups is 1. The minimum atomic E-state index is 0.0831. The fourth-order valence-corrected chi connectivity index (χ4v) is 2.26. The highest BCUT2D eigenvalue weighted by atomic mass is 16.5. The van der Waals surface area contributed by atoms with Gasteiger partial charge in [-0.25, -0.2) is 0 Å². The molecule has 0 radical (unpaired) electrons. The average molecular weight is 289 g/mol. The summed E-state index contributed by atoms with van der Waals surface area (Å²) in [5.41, 5.74) is 2.38. The minimum absolute atomic E-state index is 0.0831. The number of hydrogen-bond donors (Lipinski definition) is 3. The van der Waals surface area contributed by atoms with Crippen LogP contribution in [0, 0.1) is 0 Å². The number of carbonyl (C=O) groups excluding carboxylic acids is 1. The van der Waals surface area contributed by atoms with E-state index in [9.17, 15) is 4.79 Å². The summed E-state index contributed by atoms with van der Waals surface area (Å²) in [5.74, 6) is 0.0831. The number of para-hydroxylation sites is 1. The lowest BCUT2D eigenvalue weighted by Gasteiger charge is -2.06. The zero-order valence-electron chi connectivity index (χ0n) is 12.4. The lowest BCUT2D eigenvalue weighted by atomic mass is 10.1. The van der Waals surface area contributed by atoms with Crippen molar-refractivity contribution >= 4 is 16.8 Å². The van der Waals surface area contributed by atoms with E-state index in [1.54, 1.807) is 7.11 Å². The number of benzene rings is 1. The lowest BCUT2D eigenvalue weighted by molar-refractivity contribution is -0.120. The zero-order chi connectivity index (χ0) is 14.9. The molecule has 0 saturated carbocycles. The van der Waals surface area contributed by atoms with Gasteiger partial charge < -0.3 is 20.4 Å². The maximum atomic E-state index is 11.7.